The Balaban J connectivity index is 0. The highest BCUT2D eigenvalue weighted by Gasteiger charge is 2.39. The Labute approximate surface area is 284 Å². The molecule has 1 aliphatic heterocycles. The van der Waals surface area contributed by atoms with E-state index in [1.54, 1.807) is 0 Å². The van der Waals surface area contributed by atoms with Crippen molar-refractivity contribution in [3.8, 4) is 0 Å². The van der Waals surface area contributed by atoms with Gasteiger partial charge in [-0.25, -0.2) is 4.79 Å². The molecule has 2 aliphatic rings. The topological polar surface area (TPSA) is 175 Å². The van der Waals surface area contributed by atoms with Gasteiger partial charge in [-0.3, -0.25) is 23.9 Å². The smallest absolute Gasteiger partial charge is 0.315 e. The lowest BCUT2D eigenvalue weighted by atomic mass is 9.80. The molecule has 46 heavy (non-hydrogen) atoms. The van der Waals surface area contributed by atoms with Crippen molar-refractivity contribution in [2.45, 2.75) is 138 Å². The fourth-order valence-electron chi connectivity index (χ4n) is 4.87. The number of hydrogen-bond acceptors (Lipinski definition) is 8. The SMILES string of the molecule is CC(=O)C(CC1CCC1)NC=O.CC1CCCN1C(=O)C(NC(=O)NC(CNCCNS)C(C)(C)C)C(C)(C)C.CCC.NC=O. The first kappa shape index (κ1) is 45.7. The number of amides is 5. The van der Waals surface area contributed by atoms with Crippen LogP contribution in [0.5, 0.6) is 0 Å². The first-order valence-corrected chi connectivity index (χ1v) is 17.2. The normalized spacial score (nSPS) is 17.9. The van der Waals surface area contributed by atoms with Crippen LogP contribution in [0.15, 0.2) is 0 Å². The van der Waals surface area contributed by atoms with Gasteiger partial charge in [0.2, 0.25) is 18.7 Å². The molecule has 0 aromatic rings. The Bertz CT molecular complexity index is 875. The summed E-state index contributed by atoms with van der Waals surface area (Å²) in [6.07, 6.45) is 8.69. The second-order valence-electron chi connectivity index (χ2n) is 14.3. The third kappa shape index (κ3) is 20.0. The molecular weight excluding hydrogens is 606 g/mol. The van der Waals surface area contributed by atoms with Crippen LogP contribution in [-0.2, 0) is 19.2 Å². The van der Waals surface area contributed by atoms with Crippen LogP contribution in [0.3, 0.4) is 0 Å². The minimum Gasteiger partial charge on any atom is -0.372 e. The van der Waals surface area contributed by atoms with E-state index in [0.717, 1.165) is 38.9 Å². The maximum absolute atomic E-state index is 13.1. The highest BCUT2D eigenvalue weighted by Crippen LogP contribution is 2.30. The fourth-order valence-corrected chi connectivity index (χ4v) is 4.98. The summed E-state index contributed by atoms with van der Waals surface area (Å²) < 4.78 is 2.80. The van der Waals surface area contributed by atoms with E-state index in [2.05, 4.69) is 86.1 Å². The lowest BCUT2D eigenvalue weighted by Crippen LogP contribution is -2.60. The molecule has 5 amide bonds. The molecule has 270 valence electrons. The second-order valence-corrected chi connectivity index (χ2v) is 14.6. The molecule has 7 N–H and O–H groups in total. The summed E-state index contributed by atoms with van der Waals surface area (Å²) in [4.78, 5) is 57.5. The van der Waals surface area contributed by atoms with Crippen LogP contribution in [0.1, 0.15) is 114 Å². The standard InChI is InChI=1S/C20H41N5O2S.C9H15NO2.C3H8.CH3NO/c1-14-9-8-12-25(14)17(26)16(20(5,6)7)24-18(27)23-15(19(2,3)4)13-21-10-11-22-28;1-7(12)9(10-6-11)5-8-3-2-4-8;1-3-2;2-1-3/h14-16,21-22,28H,8-13H2,1-7H3,(H2,23,24,27);6,8-9H,2-5H2,1H3,(H,10,11);3H2,1-2H3;1H,(H2,2,3). The van der Waals surface area contributed by atoms with Crippen LogP contribution >= 0.6 is 12.8 Å². The van der Waals surface area contributed by atoms with E-state index in [1.165, 1.54) is 32.6 Å². The Morgan fingerprint density at radius 2 is 1.52 bits per heavy atom. The first-order chi connectivity index (χ1) is 21.4. The molecule has 4 atom stereocenters. The van der Waals surface area contributed by atoms with Crippen LogP contribution in [0.2, 0.25) is 0 Å². The van der Waals surface area contributed by atoms with E-state index in [1.807, 2.05) is 25.7 Å². The van der Waals surface area contributed by atoms with Gasteiger partial charge in [-0.2, -0.15) is 0 Å². The monoisotopic (exact) mass is 673 g/mol. The quantitative estimate of drug-likeness (QED) is 0.0889. The summed E-state index contributed by atoms with van der Waals surface area (Å²) in [6.45, 7) is 23.0. The van der Waals surface area contributed by atoms with Crippen LogP contribution in [0, 0.1) is 16.7 Å². The number of carbonyl (C=O) groups is 5. The van der Waals surface area contributed by atoms with Crippen molar-refractivity contribution < 1.29 is 24.0 Å². The molecule has 12 nitrogen and oxygen atoms in total. The van der Waals surface area contributed by atoms with Crippen LogP contribution in [0.4, 0.5) is 4.79 Å². The first-order valence-electron chi connectivity index (χ1n) is 16.7. The number of likely N-dealkylation sites (tertiary alicyclic amines) is 1. The van der Waals surface area contributed by atoms with E-state index in [4.69, 9.17) is 4.79 Å². The van der Waals surface area contributed by atoms with Crippen LogP contribution in [-0.4, -0.2) is 85.8 Å². The van der Waals surface area contributed by atoms with Gasteiger partial charge in [0.05, 0.1) is 6.04 Å². The average Bonchev–Trinajstić information content (AvgIpc) is 3.35. The molecule has 0 radical (unpaired) electrons. The molecule has 1 saturated heterocycles. The number of rotatable bonds is 13. The van der Waals surface area contributed by atoms with Crippen molar-refractivity contribution in [2.24, 2.45) is 22.5 Å². The number of nitrogens with one attached hydrogen (secondary N) is 5. The van der Waals surface area contributed by atoms with Gasteiger partial charge in [-0.15, -0.1) is 0 Å². The van der Waals surface area contributed by atoms with Gasteiger partial charge in [-0.05, 0) is 49.9 Å². The van der Waals surface area contributed by atoms with E-state index < -0.39 is 6.04 Å². The number of hydrogen-bond donors (Lipinski definition) is 7. The van der Waals surface area contributed by atoms with Gasteiger partial charge in [0.25, 0.3) is 0 Å². The summed E-state index contributed by atoms with van der Waals surface area (Å²) in [5.41, 5.74) is 3.67. The zero-order valence-corrected chi connectivity index (χ0v) is 31.2. The van der Waals surface area contributed by atoms with Crippen molar-refractivity contribution in [3.63, 3.8) is 0 Å². The average molecular weight is 674 g/mol. The molecule has 4 unspecified atom stereocenters. The Morgan fingerprint density at radius 1 is 0.957 bits per heavy atom. The van der Waals surface area contributed by atoms with E-state index in [9.17, 15) is 19.2 Å². The van der Waals surface area contributed by atoms with E-state index in [-0.39, 0.29) is 53.1 Å². The predicted octanol–water partition coefficient (Wildman–Crippen LogP) is 3.55. The highest BCUT2D eigenvalue weighted by molar-refractivity contribution is 7.78. The Hall–Kier alpha value is -2.38. The Morgan fingerprint density at radius 3 is 1.89 bits per heavy atom. The van der Waals surface area contributed by atoms with Crippen molar-refractivity contribution >= 4 is 43.4 Å². The summed E-state index contributed by atoms with van der Waals surface area (Å²) in [6, 6.07) is -0.944. The molecule has 0 aromatic carbocycles. The maximum Gasteiger partial charge on any atom is 0.315 e. The van der Waals surface area contributed by atoms with Gasteiger partial charge in [0.15, 0.2) is 5.78 Å². The largest absolute Gasteiger partial charge is 0.372 e. The molecule has 2 rings (SSSR count). The number of ketones is 1. The molecule has 0 aromatic heterocycles. The fraction of sp³-hybridized carbons (Fsp3) is 0.848. The molecule has 13 heteroatoms. The third-order valence-corrected chi connectivity index (χ3v) is 8.11. The number of carbonyl (C=O) groups excluding carboxylic acids is 5. The summed E-state index contributed by atoms with van der Waals surface area (Å²) in [5.74, 6) is 0.735. The van der Waals surface area contributed by atoms with Gasteiger partial charge in [-0.1, -0.05) is 93.9 Å². The zero-order valence-electron chi connectivity index (χ0n) is 30.3. The lowest BCUT2D eigenvalue weighted by Gasteiger charge is -2.37. The number of thiol groups is 1. The number of nitrogens with zero attached hydrogens (tertiary/aromatic N) is 1. The van der Waals surface area contributed by atoms with Crippen molar-refractivity contribution in [2.75, 3.05) is 26.2 Å². The third-order valence-electron chi connectivity index (χ3n) is 7.89. The van der Waals surface area contributed by atoms with Crippen molar-refractivity contribution in [1.29, 1.82) is 0 Å². The second kappa shape index (κ2) is 24.7. The lowest BCUT2D eigenvalue weighted by molar-refractivity contribution is -0.136. The van der Waals surface area contributed by atoms with Crippen molar-refractivity contribution in [1.82, 2.24) is 30.9 Å². The summed E-state index contributed by atoms with van der Waals surface area (Å²) in [7, 11) is 0. The highest BCUT2D eigenvalue weighted by atomic mass is 32.1. The van der Waals surface area contributed by atoms with Crippen molar-refractivity contribution in [3.05, 3.63) is 0 Å². The minimum absolute atomic E-state index is 0.0120. The summed E-state index contributed by atoms with van der Waals surface area (Å²) in [5, 5.41) is 11.9. The van der Waals surface area contributed by atoms with Crippen LogP contribution < -0.4 is 31.7 Å². The van der Waals surface area contributed by atoms with Crippen LogP contribution in [0.25, 0.3) is 0 Å². The molecular formula is C33H67N7O5S. The number of primary amides is 1. The molecule has 2 fully saturated rings. The number of urea groups is 1. The summed E-state index contributed by atoms with van der Waals surface area (Å²) >= 11 is 3.98. The van der Waals surface area contributed by atoms with Gasteiger partial charge >= 0.3 is 6.03 Å². The zero-order chi connectivity index (χ0) is 35.9. The van der Waals surface area contributed by atoms with E-state index in [0.29, 0.717) is 18.9 Å². The number of Topliss-reactive ketones (excluding diaryl/α,β-unsaturated/α-hetero) is 1. The van der Waals surface area contributed by atoms with Gasteiger partial charge < -0.3 is 31.9 Å². The van der Waals surface area contributed by atoms with E-state index >= 15 is 0 Å². The molecule has 1 saturated carbocycles. The molecule has 0 bridgehead atoms. The molecule has 1 heterocycles. The van der Waals surface area contributed by atoms with Gasteiger partial charge in [0.1, 0.15) is 6.04 Å². The van der Waals surface area contributed by atoms with Gasteiger partial charge in [0, 0.05) is 38.3 Å². The number of nitrogens with two attached hydrogens (primary N) is 1. The predicted molar refractivity (Wildman–Crippen MR) is 190 cm³/mol. The molecule has 1 aliphatic carbocycles. The maximum atomic E-state index is 13.1. The Kier molecular flexibility index (Phi) is 24.6. The minimum atomic E-state index is -0.560. The molecule has 0 spiro atoms.